The lowest BCUT2D eigenvalue weighted by molar-refractivity contribution is 0.103. The van der Waals surface area contributed by atoms with Crippen molar-refractivity contribution in [2.45, 2.75) is 19.8 Å². The molecule has 94 valence electrons. The number of hydrogen-bond donors (Lipinski definition) is 1. The molecule has 0 saturated heterocycles. The molecule has 0 saturated carbocycles. The van der Waals surface area contributed by atoms with Gasteiger partial charge in [-0.1, -0.05) is 25.5 Å². The zero-order valence-corrected chi connectivity index (χ0v) is 12.5. The topological polar surface area (TPSA) is 29.1 Å². The van der Waals surface area contributed by atoms with Crippen molar-refractivity contribution in [1.82, 2.24) is 0 Å². The number of rotatable bonds is 4. The summed E-state index contributed by atoms with van der Waals surface area (Å²) in [7, 11) is 0. The van der Waals surface area contributed by atoms with E-state index in [-0.39, 0.29) is 5.91 Å². The van der Waals surface area contributed by atoms with Crippen molar-refractivity contribution in [2.75, 3.05) is 5.32 Å². The number of carbonyl (C=O) groups excluding carboxylic acids is 1. The molecule has 0 fully saturated rings. The molecule has 0 unspecified atom stereocenters. The number of nitrogens with one attached hydrogen (secondary N) is 1. The molecule has 2 rings (SSSR count). The van der Waals surface area contributed by atoms with Crippen molar-refractivity contribution in [2.24, 2.45) is 0 Å². The number of carbonyl (C=O) groups is 1. The van der Waals surface area contributed by atoms with Gasteiger partial charge < -0.3 is 5.32 Å². The normalized spacial score (nSPS) is 10.3. The van der Waals surface area contributed by atoms with Crippen LogP contribution in [0.25, 0.3) is 0 Å². The maximum absolute atomic E-state index is 12.0. The minimum atomic E-state index is -0.0693. The monoisotopic (exact) mass is 323 g/mol. The lowest BCUT2D eigenvalue weighted by Gasteiger charge is -2.05. The molecular formula is C14H14BrNOS. The lowest BCUT2D eigenvalue weighted by Crippen LogP contribution is -2.10. The van der Waals surface area contributed by atoms with Crippen LogP contribution in [0.1, 0.15) is 28.6 Å². The number of aryl methyl sites for hydroxylation is 1. The third-order valence-corrected chi connectivity index (χ3v) is 4.41. The second kappa shape index (κ2) is 6.16. The van der Waals surface area contributed by atoms with Crippen LogP contribution >= 0.6 is 27.3 Å². The van der Waals surface area contributed by atoms with Gasteiger partial charge in [-0.05, 0) is 51.5 Å². The zero-order valence-electron chi connectivity index (χ0n) is 10.1. The molecule has 1 aromatic heterocycles. The quantitative estimate of drug-likeness (QED) is 0.866. The van der Waals surface area contributed by atoms with Crippen molar-refractivity contribution in [3.05, 3.63) is 50.6 Å². The summed E-state index contributed by atoms with van der Waals surface area (Å²) in [6, 6.07) is 9.89. The fraction of sp³-hybridized carbons (Fsp3) is 0.214. The maximum atomic E-state index is 12.0. The van der Waals surface area contributed by atoms with E-state index in [9.17, 15) is 4.79 Å². The molecule has 2 nitrogen and oxygen atoms in total. The van der Waals surface area contributed by atoms with Gasteiger partial charge in [-0.2, -0.15) is 0 Å². The Morgan fingerprint density at radius 3 is 2.56 bits per heavy atom. The summed E-state index contributed by atoms with van der Waals surface area (Å²) >= 11 is 4.79. The number of thiophene rings is 1. The van der Waals surface area contributed by atoms with Crippen molar-refractivity contribution < 1.29 is 4.79 Å². The molecule has 1 heterocycles. The first-order chi connectivity index (χ1) is 8.70. The Morgan fingerprint density at radius 2 is 2.00 bits per heavy atom. The van der Waals surface area contributed by atoms with Crippen LogP contribution in [0.2, 0.25) is 0 Å². The highest BCUT2D eigenvalue weighted by Crippen LogP contribution is 2.23. The minimum Gasteiger partial charge on any atom is -0.321 e. The number of halogens is 1. The van der Waals surface area contributed by atoms with Crippen LogP contribution < -0.4 is 5.32 Å². The summed E-state index contributed by atoms with van der Waals surface area (Å²) in [4.78, 5) is 12.7. The molecule has 1 amide bonds. The van der Waals surface area contributed by atoms with E-state index in [0.717, 1.165) is 23.0 Å². The highest BCUT2D eigenvalue weighted by molar-refractivity contribution is 9.10. The summed E-state index contributed by atoms with van der Waals surface area (Å²) in [5, 5.41) is 4.79. The second-order valence-electron chi connectivity index (χ2n) is 4.00. The average Bonchev–Trinajstić information content (AvgIpc) is 2.78. The molecule has 1 aromatic carbocycles. The smallest absolute Gasteiger partial charge is 0.266 e. The Kier molecular flexibility index (Phi) is 4.55. The van der Waals surface area contributed by atoms with Crippen molar-refractivity contribution in [1.29, 1.82) is 0 Å². The number of benzene rings is 1. The molecule has 0 bridgehead atoms. The summed E-state index contributed by atoms with van der Waals surface area (Å²) in [6.07, 6.45) is 2.21. The van der Waals surface area contributed by atoms with Gasteiger partial charge in [-0.3, -0.25) is 4.79 Å². The van der Waals surface area contributed by atoms with Gasteiger partial charge in [0.15, 0.2) is 0 Å². The molecule has 0 radical (unpaired) electrons. The van der Waals surface area contributed by atoms with Gasteiger partial charge in [-0.15, -0.1) is 11.3 Å². The molecule has 1 N–H and O–H groups in total. The summed E-state index contributed by atoms with van der Waals surface area (Å²) < 4.78 is 0.840. The first kappa shape index (κ1) is 13.3. The minimum absolute atomic E-state index is 0.0693. The number of hydrogen-bond acceptors (Lipinski definition) is 2. The molecular weight excluding hydrogens is 310 g/mol. The Balaban J connectivity index is 2.05. The first-order valence-corrected chi connectivity index (χ1v) is 7.51. The van der Waals surface area contributed by atoms with Crippen LogP contribution in [0.4, 0.5) is 5.69 Å². The molecule has 4 heteroatoms. The third-order valence-electron chi connectivity index (χ3n) is 2.57. The molecule has 0 aliphatic rings. The fourth-order valence-corrected chi connectivity index (χ4v) is 3.13. The van der Waals surface area contributed by atoms with Crippen LogP contribution in [0.15, 0.2) is 40.2 Å². The Bertz CT molecular complexity index is 533. The van der Waals surface area contributed by atoms with Gasteiger partial charge in [0, 0.05) is 10.2 Å². The van der Waals surface area contributed by atoms with Gasteiger partial charge in [0.1, 0.15) is 4.88 Å². The van der Waals surface area contributed by atoms with E-state index in [1.165, 1.54) is 16.9 Å². The summed E-state index contributed by atoms with van der Waals surface area (Å²) in [5.74, 6) is -0.0693. The van der Waals surface area contributed by atoms with Gasteiger partial charge >= 0.3 is 0 Å². The lowest BCUT2D eigenvalue weighted by atomic mass is 10.1. The van der Waals surface area contributed by atoms with E-state index in [0.29, 0.717) is 4.88 Å². The van der Waals surface area contributed by atoms with Crippen LogP contribution in [0.5, 0.6) is 0 Å². The molecule has 0 aliphatic heterocycles. The maximum Gasteiger partial charge on any atom is 0.266 e. The molecule has 0 aliphatic carbocycles. The fourth-order valence-electron chi connectivity index (χ4n) is 1.69. The van der Waals surface area contributed by atoms with Gasteiger partial charge in [-0.25, -0.2) is 0 Å². The van der Waals surface area contributed by atoms with Crippen LogP contribution in [0, 0.1) is 0 Å². The Morgan fingerprint density at radius 1 is 1.28 bits per heavy atom. The Hall–Kier alpha value is -1.13. The van der Waals surface area contributed by atoms with Crippen molar-refractivity contribution in [3.63, 3.8) is 0 Å². The van der Waals surface area contributed by atoms with E-state index >= 15 is 0 Å². The average molecular weight is 324 g/mol. The first-order valence-electron chi connectivity index (χ1n) is 5.84. The van der Waals surface area contributed by atoms with E-state index in [2.05, 4.69) is 40.3 Å². The SMILES string of the molecule is CCCc1ccc(NC(=O)c2sccc2Br)cc1. The largest absolute Gasteiger partial charge is 0.321 e. The van der Waals surface area contributed by atoms with E-state index in [4.69, 9.17) is 0 Å². The van der Waals surface area contributed by atoms with Gasteiger partial charge in [0.2, 0.25) is 0 Å². The molecule has 0 spiro atoms. The summed E-state index contributed by atoms with van der Waals surface area (Å²) in [6.45, 7) is 2.16. The van der Waals surface area contributed by atoms with Crippen molar-refractivity contribution >= 4 is 38.9 Å². The second-order valence-corrected chi connectivity index (χ2v) is 5.77. The Labute approximate surface area is 119 Å². The molecule has 18 heavy (non-hydrogen) atoms. The summed E-state index contributed by atoms with van der Waals surface area (Å²) in [5.41, 5.74) is 2.13. The van der Waals surface area contributed by atoms with Crippen LogP contribution in [-0.4, -0.2) is 5.91 Å². The highest BCUT2D eigenvalue weighted by atomic mass is 79.9. The molecule has 2 aromatic rings. The standard InChI is InChI=1S/C14H14BrNOS/c1-2-3-10-4-6-11(7-5-10)16-14(17)13-12(15)8-9-18-13/h4-9H,2-3H2,1H3,(H,16,17). The van der Waals surface area contributed by atoms with E-state index in [1.54, 1.807) is 0 Å². The predicted molar refractivity (Wildman–Crippen MR) is 80.4 cm³/mol. The number of amides is 1. The van der Waals surface area contributed by atoms with Crippen LogP contribution in [0.3, 0.4) is 0 Å². The number of anilines is 1. The third kappa shape index (κ3) is 3.21. The van der Waals surface area contributed by atoms with Crippen molar-refractivity contribution in [3.8, 4) is 0 Å². The zero-order chi connectivity index (χ0) is 13.0. The van der Waals surface area contributed by atoms with E-state index < -0.39 is 0 Å². The van der Waals surface area contributed by atoms with Gasteiger partial charge in [0.05, 0.1) is 0 Å². The highest BCUT2D eigenvalue weighted by Gasteiger charge is 2.11. The van der Waals surface area contributed by atoms with Crippen LogP contribution in [-0.2, 0) is 6.42 Å². The predicted octanol–water partition coefficient (Wildman–Crippen LogP) is 4.72. The molecule has 0 atom stereocenters. The van der Waals surface area contributed by atoms with E-state index in [1.807, 2.05) is 23.6 Å². The van der Waals surface area contributed by atoms with Gasteiger partial charge in [0.25, 0.3) is 5.91 Å².